The van der Waals surface area contributed by atoms with Crippen LogP contribution in [-0.4, -0.2) is 32.0 Å². The molecule has 16 heavy (non-hydrogen) atoms. The van der Waals surface area contributed by atoms with Crippen LogP contribution in [0.25, 0.3) is 0 Å². The van der Waals surface area contributed by atoms with Gasteiger partial charge in [0.05, 0.1) is 19.3 Å². The zero-order chi connectivity index (χ0) is 12.0. The summed E-state index contributed by atoms with van der Waals surface area (Å²) in [6, 6.07) is 6.07. The first-order chi connectivity index (χ1) is 7.69. The van der Waals surface area contributed by atoms with Crippen molar-refractivity contribution in [1.29, 1.82) is 0 Å². The van der Waals surface area contributed by atoms with Crippen LogP contribution in [0, 0.1) is 6.92 Å². The Bertz CT molecular complexity index is 331. The highest BCUT2D eigenvalue weighted by Gasteiger charge is 2.12. The van der Waals surface area contributed by atoms with Gasteiger partial charge in [0.25, 0.3) is 0 Å². The van der Waals surface area contributed by atoms with E-state index in [4.69, 9.17) is 4.74 Å². The third-order valence-electron chi connectivity index (χ3n) is 2.41. The summed E-state index contributed by atoms with van der Waals surface area (Å²) in [5.41, 5.74) is 2.27. The van der Waals surface area contributed by atoms with Crippen molar-refractivity contribution in [3.05, 3.63) is 33.8 Å². The maximum absolute atomic E-state index is 9.35. The van der Waals surface area contributed by atoms with Crippen LogP contribution in [0.3, 0.4) is 0 Å². The minimum absolute atomic E-state index is 0.0508. The van der Waals surface area contributed by atoms with Crippen LogP contribution in [0.2, 0.25) is 0 Å². The first-order valence-electron chi connectivity index (χ1n) is 5.28. The standard InChI is InChI=1S/C12H18BrNO2/c1-9-3-4-10(11(13)7-9)12(8-15)14-5-6-16-2/h3-4,7,12,14-15H,5-6,8H2,1-2H3. The molecule has 1 aromatic rings. The Morgan fingerprint density at radius 1 is 1.50 bits per heavy atom. The SMILES string of the molecule is COCCNC(CO)c1ccc(C)cc1Br. The number of halogens is 1. The highest BCUT2D eigenvalue weighted by molar-refractivity contribution is 9.10. The molecule has 1 atom stereocenters. The van der Waals surface area contributed by atoms with Crippen molar-refractivity contribution < 1.29 is 9.84 Å². The lowest BCUT2D eigenvalue weighted by Gasteiger charge is -2.18. The van der Waals surface area contributed by atoms with Crippen molar-refractivity contribution in [3.63, 3.8) is 0 Å². The van der Waals surface area contributed by atoms with Crippen LogP contribution in [0.15, 0.2) is 22.7 Å². The fraction of sp³-hybridized carbons (Fsp3) is 0.500. The summed E-state index contributed by atoms with van der Waals surface area (Å²) >= 11 is 3.52. The molecule has 1 rings (SSSR count). The minimum atomic E-state index is -0.0508. The second-order valence-corrected chi connectivity index (χ2v) is 4.56. The molecule has 0 saturated carbocycles. The topological polar surface area (TPSA) is 41.5 Å². The monoisotopic (exact) mass is 287 g/mol. The average molecular weight is 288 g/mol. The number of ether oxygens (including phenoxy) is 1. The molecular formula is C12H18BrNO2. The van der Waals surface area contributed by atoms with Crippen LogP contribution in [0.5, 0.6) is 0 Å². The fourth-order valence-corrected chi connectivity index (χ4v) is 2.29. The Morgan fingerprint density at radius 3 is 2.81 bits per heavy atom. The Kier molecular flexibility index (Phi) is 5.98. The maximum Gasteiger partial charge on any atom is 0.0626 e. The molecule has 0 aliphatic carbocycles. The van der Waals surface area contributed by atoms with Gasteiger partial charge >= 0.3 is 0 Å². The van der Waals surface area contributed by atoms with E-state index < -0.39 is 0 Å². The van der Waals surface area contributed by atoms with Crippen molar-refractivity contribution in [2.45, 2.75) is 13.0 Å². The summed E-state index contributed by atoms with van der Waals surface area (Å²) in [7, 11) is 1.66. The first kappa shape index (κ1) is 13.6. The lowest BCUT2D eigenvalue weighted by molar-refractivity contribution is 0.184. The second-order valence-electron chi connectivity index (χ2n) is 3.71. The van der Waals surface area contributed by atoms with Gasteiger partial charge in [-0.25, -0.2) is 0 Å². The molecule has 0 radical (unpaired) electrons. The van der Waals surface area contributed by atoms with Gasteiger partial charge in [0, 0.05) is 18.1 Å². The molecular weight excluding hydrogens is 270 g/mol. The molecule has 0 spiro atoms. The number of benzene rings is 1. The third-order valence-corrected chi connectivity index (χ3v) is 3.10. The number of aliphatic hydroxyl groups excluding tert-OH is 1. The predicted octanol–water partition coefficient (Wildman–Crippen LogP) is 2.03. The van der Waals surface area contributed by atoms with Crippen molar-refractivity contribution in [3.8, 4) is 0 Å². The molecule has 0 bridgehead atoms. The van der Waals surface area contributed by atoms with Gasteiger partial charge in [-0.3, -0.25) is 0 Å². The quantitative estimate of drug-likeness (QED) is 0.787. The number of hydrogen-bond acceptors (Lipinski definition) is 3. The van der Waals surface area contributed by atoms with Crippen LogP contribution >= 0.6 is 15.9 Å². The maximum atomic E-state index is 9.35. The summed E-state index contributed by atoms with van der Waals surface area (Å²) in [6.07, 6.45) is 0. The lowest BCUT2D eigenvalue weighted by atomic mass is 10.1. The van der Waals surface area contributed by atoms with Gasteiger partial charge < -0.3 is 15.2 Å². The Hall–Kier alpha value is -0.420. The van der Waals surface area contributed by atoms with Crippen molar-refractivity contribution in [2.75, 3.05) is 26.9 Å². The zero-order valence-electron chi connectivity index (χ0n) is 9.66. The van der Waals surface area contributed by atoms with Gasteiger partial charge in [-0.05, 0) is 24.1 Å². The number of hydrogen-bond donors (Lipinski definition) is 2. The van der Waals surface area contributed by atoms with E-state index in [1.54, 1.807) is 7.11 Å². The summed E-state index contributed by atoms with van der Waals surface area (Å²) in [4.78, 5) is 0. The van der Waals surface area contributed by atoms with Crippen LogP contribution < -0.4 is 5.32 Å². The summed E-state index contributed by atoms with van der Waals surface area (Å²) in [6.45, 7) is 3.48. The van der Waals surface area contributed by atoms with E-state index in [1.807, 2.05) is 19.1 Å². The molecule has 0 fully saturated rings. The Labute approximate surface area is 105 Å². The molecule has 0 saturated heterocycles. The zero-order valence-corrected chi connectivity index (χ0v) is 11.3. The summed E-state index contributed by atoms with van der Waals surface area (Å²) < 4.78 is 5.99. The van der Waals surface area contributed by atoms with Gasteiger partial charge in [-0.1, -0.05) is 28.1 Å². The number of aryl methyl sites for hydroxylation is 1. The lowest BCUT2D eigenvalue weighted by Crippen LogP contribution is -2.27. The molecule has 0 aromatic heterocycles. The number of methoxy groups -OCH3 is 1. The van der Waals surface area contributed by atoms with E-state index in [9.17, 15) is 5.11 Å². The molecule has 4 heteroatoms. The van der Waals surface area contributed by atoms with Crippen molar-refractivity contribution in [1.82, 2.24) is 5.32 Å². The van der Waals surface area contributed by atoms with E-state index in [0.29, 0.717) is 6.61 Å². The third kappa shape index (κ3) is 3.87. The summed E-state index contributed by atoms with van der Waals surface area (Å²) in [5, 5.41) is 12.6. The van der Waals surface area contributed by atoms with Crippen molar-refractivity contribution in [2.24, 2.45) is 0 Å². The minimum Gasteiger partial charge on any atom is -0.394 e. The largest absolute Gasteiger partial charge is 0.394 e. The van der Waals surface area contributed by atoms with E-state index in [0.717, 1.165) is 16.6 Å². The fourth-order valence-electron chi connectivity index (χ4n) is 1.52. The predicted molar refractivity (Wildman–Crippen MR) is 68.6 cm³/mol. The van der Waals surface area contributed by atoms with Gasteiger partial charge in [-0.15, -0.1) is 0 Å². The van der Waals surface area contributed by atoms with Gasteiger partial charge in [0.15, 0.2) is 0 Å². The molecule has 0 aliphatic rings. The average Bonchev–Trinajstić information content (AvgIpc) is 2.26. The highest BCUT2D eigenvalue weighted by Crippen LogP contribution is 2.24. The van der Waals surface area contributed by atoms with Crippen molar-refractivity contribution >= 4 is 15.9 Å². The number of rotatable bonds is 6. The van der Waals surface area contributed by atoms with Gasteiger partial charge in [-0.2, -0.15) is 0 Å². The highest BCUT2D eigenvalue weighted by atomic mass is 79.9. The molecule has 0 amide bonds. The Balaban J connectivity index is 2.70. The van der Waals surface area contributed by atoms with Crippen LogP contribution in [0.4, 0.5) is 0 Å². The van der Waals surface area contributed by atoms with Gasteiger partial charge in [0.1, 0.15) is 0 Å². The molecule has 0 aliphatic heterocycles. The molecule has 3 nitrogen and oxygen atoms in total. The van der Waals surface area contributed by atoms with Crippen LogP contribution in [-0.2, 0) is 4.74 Å². The first-order valence-corrected chi connectivity index (χ1v) is 6.07. The van der Waals surface area contributed by atoms with E-state index in [1.165, 1.54) is 5.56 Å². The molecule has 1 unspecified atom stereocenters. The Morgan fingerprint density at radius 2 is 2.25 bits per heavy atom. The number of aliphatic hydroxyl groups is 1. The molecule has 0 heterocycles. The number of nitrogens with one attached hydrogen (secondary N) is 1. The second kappa shape index (κ2) is 7.01. The summed E-state index contributed by atoms with van der Waals surface area (Å²) in [5.74, 6) is 0. The molecule has 90 valence electrons. The van der Waals surface area contributed by atoms with Crippen LogP contribution in [0.1, 0.15) is 17.2 Å². The smallest absolute Gasteiger partial charge is 0.0626 e. The normalized spacial score (nSPS) is 12.8. The van der Waals surface area contributed by atoms with E-state index in [2.05, 4.69) is 27.3 Å². The molecule has 2 N–H and O–H groups in total. The van der Waals surface area contributed by atoms with E-state index >= 15 is 0 Å². The molecule has 1 aromatic carbocycles. The van der Waals surface area contributed by atoms with E-state index in [-0.39, 0.29) is 12.6 Å². The van der Waals surface area contributed by atoms with Gasteiger partial charge in [0.2, 0.25) is 0 Å².